The monoisotopic (exact) mass is 365 g/mol. The van der Waals surface area contributed by atoms with E-state index in [1.165, 1.54) is 16.8 Å². The number of nitrogens with one attached hydrogen (secondary N) is 1. The van der Waals surface area contributed by atoms with E-state index in [2.05, 4.69) is 59.0 Å². The van der Waals surface area contributed by atoms with Crippen LogP contribution in [0.1, 0.15) is 36.3 Å². The highest BCUT2D eigenvalue weighted by Gasteiger charge is 2.31. The first-order chi connectivity index (χ1) is 13.3. The fraction of sp³-hybridized carbons (Fsp3) is 0.429. The predicted molar refractivity (Wildman–Crippen MR) is 104 cm³/mol. The van der Waals surface area contributed by atoms with Crippen molar-refractivity contribution in [2.24, 2.45) is 5.92 Å². The molecule has 1 aliphatic rings. The summed E-state index contributed by atoms with van der Waals surface area (Å²) in [6, 6.07) is 12.5. The number of hydrogen-bond donors (Lipinski definition) is 1. The highest BCUT2D eigenvalue weighted by molar-refractivity contribution is 5.15. The third kappa shape index (κ3) is 4.28. The maximum absolute atomic E-state index is 6.01. The molecule has 1 N–H and O–H groups in total. The molecule has 0 spiro atoms. The van der Waals surface area contributed by atoms with Gasteiger partial charge in [0.15, 0.2) is 0 Å². The van der Waals surface area contributed by atoms with Crippen LogP contribution in [0.3, 0.4) is 0 Å². The maximum Gasteiger partial charge on any atom is 0.103 e. The average Bonchev–Trinajstić information content (AvgIpc) is 3.43. The van der Waals surface area contributed by atoms with Gasteiger partial charge in [-0.2, -0.15) is 10.2 Å². The van der Waals surface area contributed by atoms with Crippen molar-refractivity contribution in [1.29, 1.82) is 0 Å². The van der Waals surface area contributed by atoms with Gasteiger partial charge in [0, 0.05) is 50.1 Å². The lowest BCUT2D eigenvalue weighted by Gasteiger charge is -2.19. The second-order valence-corrected chi connectivity index (χ2v) is 7.07. The topological polar surface area (TPSA) is 56.9 Å². The van der Waals surface area contributed by atoms with Crippen LogP contribution < -0.4 is 5.32 Å². The zero-order valence-corrected chi connectivity index (χ0v) is 15.8. The summed E-state index contributed by atoms with van der Waals surface area (Å²) < 4.78 is 10.0. The van der Waals surface area contributed by atoms with E-state index in [0.29, 0.717) is 5.92 Å². The molecule has 0 amide bonds. The number of nitrogens with zero attached hydrogens (tertiary/aromatic N) is 4. The number of hydrogen-bond acceptors (Lipinski definition) is 4. The first-order valence-corrected chi connectivity index (χ1v) is 9.72. The summed E-state index contributed by atoms with van der Waals surface area (Å²) in [6.45, 7) is 6.38. The zero-order chi connectivity index (χ0) is 18.5. The fourth-order valence-corrected chi connectivity index (χ4v) is 3.78. The van der Waals surface area contributed by atoms with E-state index in [1.54, 1.807) is 0 Å². The molecule has 1 fully saturated rings. The molecule has 3 aromatic rings. The van der Waals surface area contributed by atoms with E-state index in [0.717, 1.165) is 39.2 Å². The SMILES string of the molecule is CCn1nccc1[C@@H]1OCC[C@H]1CNCc1cnn(Cc2ccccc2)c1. The molecule has 1 aromatic carbocycles. The molecular formula is C21H27N5O. The molecule has 6 nitrogen and oxygen atoms in total. The van der Waals surface area contributed by atoms with Crippen molar-refractivity contribution in [3.8, 4) is 0 Å². The van der Waals surface area contributed by atoms with Crippen LogP contribution in [0.2, 0.25) is 0 Å². The molecule has 6 heteroatoms. The van der Waals surface area contributed by atoms with Crippen molar-refractivity contribution in [1.82, 2.24) is 24.9 Å². The molecule has 0 radical (unpaired) electrons. The Bertz CT molecular complexity index is 841. The van der Waals surface area contributed by atoms with Gasteiger partial charge in [0.05, 0.1) is 18.4 Å². The average molecular weight is 365 g/mol. The number of benzene rings is 1. The predicted octanol–water partition coefficient (Wildman–Crippen LogP) is 3.02. The van der Waals surface area contributed by atoms with E-state index < -0.39 is 0 Å². The van der Waals surface area contributed by atoms with Crippen molar-refractivity contribution in [2.45, 2.75) is 39.1 Å². The number of rotatable bonds is 8. The smallest absolute Gasteiger partial charge is 0.103 e. The molecule has 0 aliphatic carbocycles. The van der Waals surface area contributed by atoms with Gasteiger partial charge in [-0.15, -0.1) is 0 Å². The van der Waals surface area contributed by atoms with Gasteiger partial charge in [-0.1, -0.05) is 30.3 Å². The lowest BCUT2D eigenvalue weighted by molar-refractivity contribution is 0.0830. The van der Waals surface area contributed by atoms with Crippen molar-refractivity contribution >= 4 is 0 Å². The molecule has 142 valence electrons. The van der Waals surface area contributed by atoms with Gasteiger partial charge in [-0.25, -0.2) is 0 Å². The molecule has 2 atom stereocenters. The Kier molecular flexibility index (Phi) is 5.65. The summed E-state index contributed by atoms with van der Waals surface area (Å²) in [5.41, 5.74) is 3.66. The van der Waals surface area contributed by atoms with E-state index in [9.17, 15) is 0 Å². The Morgan fingerprint density at radius 1 is 1.15 bits per heavy atom. The second-order valence-electron chi connectivity index (χ2n) is 7.07. The molecule has 1 aliphatic heterocycles. The Morgan fingerprint density at radius 2 is 2.04 bits per heavy atom. The van der Waals surface area contributed by atoms with Gasteiger partial charge < -0.3 is 10.1 Å². The summed E-state index contributed by atoms with van der Waals surface area (Å²) in [5.74, 6) is 0.478. The molecule has 0 saturated carbocycles. The number of aromatic nitrogens is 4. The van der Waals surface area contributed by atoms with Crippen molar-refractivity contribution < 1.29 is 4.74 Å². The highest BCUT2D eigenvalue weighted by atomic mass is 16.5. The summed E-state index contributed by atoms with van der Waals surface area (Å²) in [7, 11) is 0. The van der Waals surface area contributed by atoms with Crippen LogP contribution in [-0.4, -0.2) is 32.7 Å². The van der Waals surface area contributed by atoms with Crippen molar-refractivity contribution in [2.75, 3.05) is 13.2 Å². The summed E-state index contributed by atoms with van der Waals surface area (Å²) >= 11 is 0. The minimum Gasteiger partial charge on any atom is -0.372 e. The lowest BCUT2D eigenvalue weighted by Crippen LogP contribution is -2.25. The van der Waals surface area contributed by atoms with Gasteiger partial charge in [0.25, 0.3) is 0 Å². The maximum atomic E-state index is 6.01. The minimum atomic E-state index is 0.140. The molecule has 4 rings (SSSR count). The van der Waals surface area contributed by atoms with Crippen molar-refractivity contribution in [3.63, 3.8) is 0 Å². The summed E-state index contributed by atoms with van der Waals surface area (Å²) in [5, 5.41) is 12.5. The number of aryl methyl sites for hydroxylation is 1. The molecule has 3 heterocycles. The van der Waals surface area contributed by atoms with Crippen molar-refractivity contribution in [3.05, 3.63) is 71.8 Å². The quantitative estimate of drug-likeness (QED) is 0.667. The second kappa shape index (κ2) is 8.50. The first-order valence-electron chi connectivity index (χ1n) is 9.72. The van der Waals surface area contributed by atoms with Crippen LogP contribution in [0.5, 0.6) is 0 Å². The standard InChI is InChI=1S/C21H27N5O/c1-2-26-20(8-10-23-26)21-19(9-11-27-21)14-22-12-18-13-24-25(16-18)15-17-6-4-3-5-7-17/h3-8,10,13,16,19,21-22H,2,9,11-12,14-15H2,1H3/t19-,21+/m0/s1. The number of ether oxygens (including phenoxy) is 1. The van der Waals surface area contributed by atoms with Gasteiger partial charge in [-0.05, 0) is 25.0 Å². The van der Waals surface area contributed by atoms with E-state index in [4.69, 9.17) is 4.74 Å². The molecule has 27 heavy (non-hydrogen) atoms. The third-order valence-electron chi connectivity index (χ3n) is 5.16. The summed E-state index contributed by atoms with van der Waals surface area (Å²) in [4.78, 5) is 0. The lowest BCUT2D eigenvalue weighted by atomic mass is 9.99. The largest absolute Gasteiger partial charge is 0.372 e. The molecular weight excluding hydrogens is 338 g/mol. The molecule has 2 aromatic heterocycles. The van der Waals surface area contributed by atoms with Gasteiger partial charge >= 0.3 is 0 Å². The van der Waals surface area contributed by atoms with Gasteiger partial charge in [0.1, 0.15) is 6.10 Å². The normalized spacial score (nSPS) is 19.6. The van der Waals surface area contributed by atoms with Gasteiger partial charge in [0.2, 0.25) is 0 Å². The molecule has 1 saturated heterocycles. The van der Waals surface area contributed by atoms with Crippen LogP contribution in [0.15, 0.2) is 55.0 Å². The van der Waals surface area contributed by atoms with Crippen LogP contribution in [0, 0.1) is 5.92 Å². The molecule has 0 bridgehead atoms. The zero-order valence-electron chi connectivity index (χ0n) is 15.8. The Hall–Kier alpha value is -2.44. The highest BCUT2D eigenvalue weighted by Crippen LogP contribution is 2.33. The minimum absolute atomic E-state index is 0.140. The van der Waals surface area contributed by atoms with Gasteiger partial charge in [-0.3, -0.25) is 9.36 Å². The van der Waals surface area contributed by atoms with E-state index >= 15 is 0 Å². The van der Waals surface area contributed by atoms with E-state index in [1.807, 2.05) is 27.8 Å². The third-order valence-corrected chi connectivity index (χ3v) is 5.16. The Balaban J connectivity index is 1.29. The molecule has 0 unspecified atom stereocenters. The summed E-state index contributed by atoms with van der Waals surface area (Å²) in [6.07, 6.45) is 7.16. The van der Waals surface area contributed by atoms with Crippen LogP contribution in [-0.2, 0) is 24.4 Å². The fourth-order valence-electron chi connectivity index (χ4n) is 3.78. The van der Waals surface area contributed by atoms with Crippen LogP contribution in [0.25, 0.3) is 0 Å². The Labute approximate surface area is 160 Å². The van der Waals surface area contributed by atoms with Crippen LogP contribution >= 0.6 is 0 Å². The van der Waals surface area contributed by atoms with Crippen LogP contribution in [0.4, 0.5) is 0 Å². The first kappa shape index (κ1) is 17.9. The van der Waals surface area contributed by atoms with E-state index in [-0.39, 0.29) is 6.10 Å². The Morgan fingerprint density at radius 3 is 2.89 bits per heavy atom.